The molecular formula is C9H10N6O4S2. The van der Waals surface area contributed by atoms with Gasteiger partial charge in [-0.25, -0.2) is 4.79 Å². The fourth-order valence-electron chi connectivity index (χ4n) is 1.43. The van der Waals surface area contributed by atoms with Gasteiger partial charge < -0.3 is 16.4 Å². The molecule has 0 bridgehead atoms. The standard InChI is InChI=1S/C9H10N6O4S2/c10-7(18)12-5(16)1-3-6(17)13-8(21-3)15-14-4-2-20-9(19)11-4/h3H,1-2H2,(H,11,14,19)(H,13,15,17)(H3,10,12,16,18)/t3-/m1/s1. The van der Waals surface area contributed by atoms with Gasteiger partial charge in [0.15, 0.2) is 5.17 Å². The molecule has 2 aliphatic rings. The zero-order chi connectivity index (χ0) is 15.4. The van der Waals surface area contributed by atoms with Crippen molar-refractivity contribution in [2.24, 2.45) is 15.9 Å². The zero-order valence-corrected chi connectivity index (χ0v) is 12.0. The summed E-state index contributed by atoms with van der Waals surface area (Å²) in [5, 5.41) is 13.7. The van der Waals surface area contributed by atoms with E-state index in [1.807, 2.05) is 5.32 Å². The van der Waals surface area contributed by atoms with Gasteiger partial charge in [0.05, 0.1) is 5.75 Å². The molecule has 0 saturated carbocycles. The van der Waals surface area contributed by atoms with E-state index in [-0.39, 0.29) is 16.8 Å². The number of amidine groups is 2. The Morgan fingerprint density at radius 3 is 2.71 bits per heavy atom. The van der Waals surface area contributed by atoms with E-state index < -0.39 is 23.1 Å². The van der Waals surface area contributed by atoms with Crippen LogP contribution in [0.2, 0.25) is 0 Å². The maximum atomic E-state index is 11.6. The van der Waals surface area contributed by atoms with Crippen molar-refractivity contribution in [1.29, 1.82) is 0 Å². The minimum atomic E-state index is -0.974. The van der Waals surface area contributed by atoms with Crippen LogP contribution in [0.4, 0.5) is 9.59 Å². The van der Waals surface area contributed by atoms with Gasteiger partial charge in [-0.05, 0) is 0 Å². The van der Waals surface area contributed by atoms with Gasteiger partial charge in [-0.1, -0.05) is 23.5 Å². The number of hydrogen-bond acceptors (Lipinski definition) is 8. The predicted octanol–water partition coefficient (Wildman–Crippen LogP) is -1.07. The highest BCUT2D eigenvalue weighted by Gasteiger charge is 2.32. The summed E-state index contributed by atoms with van der Waals surface area (Å²) in [6.07, 6.45) is -0.207. The molecule has 2 fully saturated rings. The molecule has 0 spiro atoms. The molecule has 2 saturated heterocycles. The smallest absolute Gasteiger partial charge is 0.318 e. The Labute approximate surface area is 126 Å². The molecule has 112 valence electrons. The molecule has 0 radical (unpaired) electrons. The number of nitrogens with one attached hydrogen (secondary N) is 3. The number of nitrogens with zero attached hydrogens (tertiary/aromatic N) is 2. The van der Waals surface area contributed by atoms with Crippen molar-refractivity contribution in [2.45, 2.75) is 11.7 Å². The van der Waals surface area contributed by atoms with Crippen LogP contribution in [0.15, 0.2) is 10.2 Å². The van der Waals surface area contributed by atoms with E-state index in [4.69, 9.17) is 5.73 Å². The van der Waals surface area contributed by atoms with Gasteiger partial charge in [0.1, 0.15) is 11.1 Å². The summed E-state index contributed by atoms with van der Waals surface area (Å²) >= 11 is 2.07. The molecule has 21 heavy (non-hydrogen) atoms. The molecule has 5 amide bonds. The second kappa shape index (κ2) is 6.58. The highest BCUT2D eigenvalue weighted by Crippen LogP contribution is 2.22. The van der Waals surface area contributed by atoms with Crippen molar-refractivity contribution in [1.82, 2.24) is 16.0 Å². The van der Waals surface area contributed by atoms with Crippen LogP contribution in [0.3, 0.4) is 0 Å². The van der Waals surface area contributed by atoms with Gasteiger partial charge in [-0.2, -0.15) is 0 Å². The highest BCUT2D eigenvalue weighted by atomic mass is 32.2. The van der Waals surface area contributed by atoms with Gasteiger partial charge in [0, 0.05) is 6.42 Å². The third-order valence-corrected chi connectivity index (χ3v) is 4.11. The molecule has 5 N–H and O–H groups in total. The summed E-state index contributed by atoms with van der Waals surface area (Å²) in [6, 6.07) is -0.974. The molecule has 0 aromatic carbocycles. The number of imide groups is 1. The van der Waals surface area contributed by atoms with Crippen LogP contribution >= 0.6 is 23.5 Å². The van der Waals surface area contributed by atoms with Crippen LogP contribution in [-0.2, 0) is 9.59 Å². The van der Waals surface area contributed by atoms with Crippen molar-refractivity contribution in [3.63, 3.8) is 0 Å². The molecule has 1 atom stereocenters. The summed E-state index contributed by atoms with van der Waals surface area (Å²) in [7, 11) is 0. The second-order valence-electron chi connectivity index (χ2n) is 3.87. The number of hydrogen-bond donors (Lipinski definition) is 4. The fraction of sp³-hybridized carbons (Fsp3) is 0.333. The number of amides is 5. The number of urea groups is 1. The topological polar surface area (TPSA) is 155 Å². The van der Waals surface area contributed by atoms with E-state index in [9.17, 15) is 19.2 Å². The Morgan fingerprint density at radius 1 is 1.33 bits per heavy atom. The SMILES string of the molecule is NC(=O)NC(=O)C[C@H]1SC(=N/N=C2\CSC(=O)N2)NC1=O. The van der Waals surface area contributed by atoms with Crippen LogP contribution in [0, 0.1) is 0 Å². The first kappa shape index (κ1) is 15.3. The summed E-state index contributed by atoms with van der Waals surface area (Å²) in [5.74, 6) is -0.286. The van der Waals surface area contributed by atoms with Gasteiger partial charge in [0.2, 0.25) is 11.8 Å². The fourth-order valence-corrected chi connectivity index (χ4v) is 2.93. The van der Waals surface area contributed by atoms with Gasteiger partial charge in [-0.15, -0.1) is 10.2 Å². The summed E-state index contributed by atoms with van der Waals surface area (Å²) < 4.78 is 0. The molecule has 10 nitrogen and oxygen atoms in total. The third-order valence-electron chi connectivity index (χ3n) is 2.26. The lowest BCUT2D eigenvalue weighted by molar-refractivity contribution is -0.124. The minimum Gasteiger partial charge on any atom is -0.351 e. The third kappa shape index (κ3) is 4.46. The normalized spacial score (nSPS) is 25.0. The average Bonchev–Trinajstić information content (AvgIpc) is 2.93. The number of nitrogens with two attached hydrogens (primary N) is 1. The van der Waals surface area contributed by atoms with Crippen LogP contribution in [-0.4, -0.2) is 45.1 Å². The van der Waals surface area contributed by atoms with Gasteiger partial charge in [0.25, 0.3) is 5.24 Å². The van der Waals surface area contributed by atoms with E-state index in [1.54, 1.807) is 0 Å². The van der Waals surface area contributed by atoms with Crippen LogP contribution < -0.4 is 21.7 Å². The maximum Gasteiger partial charge on any atom is 0.318 e. The number of thioether (sulfide) groups is 2. The van der Waals surface area contributed by atoms with Crippen molar-refractivity contribution in [3.05, 3.63) is 0 Å². The van der Waals surface area contributed by atoms with Crippen LogP contribution in [0.1, 0.15) is 6.42 Å². The first-order valence-corrected chi connectivity index (χ1v) is 7.45. The Bertz CT molecular complexity index is 575. The van der Waals surface area contributed by atoms with E-state index in [2.05, 4.69) is 20.8 Å². The predicted molar refractivity (Wildman–Crippen MR) is 77.7 cm³/mol. The van der Waals surface area contributed by atoms with Gasteiger partial charge >= 0.3 is 6.03 Å². The largest absolute Gasteiger partial charge is 0.351 e. The first-order valence-electron chi connectivity index (χ1n) is 5.59. The van der Waals surface area contributed by atoms with Crippen molar-refractivity contribution in [3.8, 4) is 0 Å². The molecule has 2 aliphatic heterocycles. The highest BCUT2D eigenvalue weighted by molar-refractivity contribution is 8.15. The molecule has 2 rings (SSSR count). The van der Waals surface area contributed by atoms with Crippen LogP contribution in [0.25, 0.3) is 0 Å². The summed E-state index contributed by atoms with van der Waals surface area (Å²) in [4.78, 5) is 44.4. The Morgan fingerprint density at radius 2 is 2.10 bits per heavy atom. The van der Waals surface area contributed by atoms with E-state index >= 15 is 0 Å². The molecule has 0 unspecified atom stereocenters. The number of rotatable bonds is 3. The van der Waals surface area contributed by atoms with E-state index in [1.165, 1.54) is 0 Å². The minimum absolute atomic E-state index is 0.207. The second-order valence-corrected chi connectivity index (χ2v) is 6.00. The summed E-state index contributed by atoms with van der Waals surface area (Å²) in [5.41, 5.74) is 4.80. The average molecular weight is 330 g/mol. The van der Waals surface area contributed by atoms with Gasteiger partial charge in [-0.3, -0.25) is 19.7 Å². The van der Waals surface area contributed by atoms with Crippen molar-refractivity contribution in [2.75, 3.05) is 5.75 Å². The number of primary amides is 1. The first-order chi connectivity index (χ1) is 9.94. The quantitative estimate of drug-likeness (QED) is 0.483. The Balaban J connectivity index is 1.91. The molecule has 0 aromatic rings. The molecule has 0 aliphatic carbocycles. The lowest BCUT2D eigenvalue weighted by Gasteiger charge is -2.03. The summed E-state index contributed by atoms with van der Waals surface area (Å²) in [6.45, 7) is 0. The van der Waals surface area contributed by atoms with Crippen LogP contribution in [0.5, 0.6) is 0 Å². The Hall–Kier alpha value is -2.08. The molecule has 12 heteroatoms. The lowest BCUT2D eigenvalue weighted by Crippen LogP contribution is -2.37. The Kier molecular flexibility index (Phi) is 4.80. The number of carbonyl (C=O) groups excluding carboxylic acids is 4. The van der Waals surface area contributed by atoms with E-state index in [0.29, 0.717) is 11.6 Å². The lowest BCUT2D eigenvalue weighted by atomic mass is 10.3. The number of carbonyl (C=O) groups is 4. The maximum absolute atomic E-state index is 11.6. The monoisotopic (exact) mass is 330 g/mol. The molecule has 2 heterocycles. The van der Waals surface area contributed by atoms with E-state index in [0.717, 1.165) is 23.5 Å². The molecular weight excluding hydrogens is 320 g/mol. The van der Waals surface area contributed by atoms with Crippen molar-refractivity contribution >= 4 is 57.6 Å². The molecule has 0 aromatic heterocycles. The zero-order valence-electron chi connectivity index (χ0n) is 10.4. The van der Waals surface area contributed by atoms with Crippen molar-refractivity contribution < 1.29 is 19.2 Å².